The van der Waals surface area contributed by atoms with Gasteiger partial charge in [0.15, 0.2) is 0 Å². The molecular weight excluding hydrogens is 274 g/mol. The first-order valence-corrected chi connectivity index (χ1v) is 6.42. The minimum atomic E-state index is -0.884. The Bertz CT molecular complexity index is 539. The maximum Gasteiger partial charge on any atom is 0.309 e. The molecule has 4 nitrogen and oxygen atoms in total. The Morgan fingerprint density at radius 1 is 1.39 bits per heavy atom. The third-order valence-corrected chi connectivity index (χ3v) is 3.23. The molecule has 0 saturated heterocycles. The van der Waals surface area contributed by atoms with Gasteiger partial charge in [0, 0.05) is 10.4 Å². The number of nitrogens with zero attached hydrogens (tertiary/aromatic N) is 1. The topological polar surface area (TPSA) is 59.4 Å². The van der Waals surface area contributed by atoms with Gasteiger partial charge in [-0.25, -0.2) is 4.98 Å². The number of hydrogen-bond acceptors (Lipinski definition) is 4. The van der Waals surface area contributed by atoms with E-state index >= 15 is 0 Å². The zero-order valence-corrected chi connectivity index (χ0v) is 10.9. The zero-order chi connectivity index (χ0) is 13.0. The van der Waals surface area contributed by atoms with Crippen LogP contribution in [-0.4, -0.2) is 16.1 Å². The maximum atomic E-state index is 10.5. The summed E-state index contributed by atoms with van der Waals surface area (Å²) in [6, 6.07) is 7.03. The van der Waals surface area contributed by atoms with Crippen LogP contribution in [0.2, 0.25) is 5.02 Å². The highest BCUT2D eigenvalue weighted by atomic mass is 35.5. The second-order valence-electron chi connectivity index (χ2n) is 3.55. The van der Waals surface area contributed by atoms with E-state index in [9.17, 15) is 4.79 Å². The number of benzene rings is 1. The summed E-state index contributed by atoms with van der Waals surface area (Å²) in [6.45, 7) is 0.325. The number of hydrogen-bond donors (Lipinski definition) is 1. The lowest BCUT2D eigenvalue weighted by atomic mass is 10.3. The van der Waals surface area contributed by atoms with Gasteiger partial charge in [-0.3, -0.25) is 4.79 Å². The predicted octanol–water partition coefficient (Wildman–Crippen LogP) is 3.00. The largest absolute Gasteiger partial charge is 0.486 e. The molecule has 0 atom stereocenters. The SMILES string of the molecule is O=C(O)Cc1csc(COc2ccc(Cl)cc2)n1. The van der Waals surface area contributed by atoms with E-state index in [0.29, 0.717) is 23.1 Å². The normalized spacial score (nSPS) is 10.3. The van der Waals surface area contributed by atoms with Crippen LogP contribution in [0, 0.1) is 0 Å². The summed E-state index contributed by atoms with van der Waals surface area (Å²) in [5, 5.41) is 11.8. The molecule has 0 saturated carbocycles. The minimum absolute atomic E-state index is 0.0581. The number of ether oxygens (including phenoxy) is 1. The molecule has 0 aliphatic heterocycles. The monoisotopic (exact) mass is 283 g/mol. The fraction of sp³-hybridized carbons (Fsp3) is 0.167. The molecule has 0 aliphatic carbocycles. The molecule has 0 aliphatic rings. The van der Waals surface area contributed by atoms with Crippen LogP contribution >= 0.6 is 22.9 Å². The van der Waals surface area contributed by atoms with Gasteiger partial charge in [0.2, 0.25) is 0 Å². The maximum absolute atomic E-state index is 10.5. The highest BCUT2D eigenvalue weighted by Gasteiger charge is 2.06. The van der Waals surface area contributed by atoms with Crippen molar-refractivity contribution in [3.8, 4) is 5.75 Å². The van der Waals surface area contributed by atoms with E-state index in [0.717, 1.165) is 5.01 Å². The molecule has 0 amide bonds. The average molecular weight is 284 g/mol. The van der Waals surface area contributed by atoms with Crippen LogP contribution < -0.4 is 4.74 Å². The number of halogens is 1. The third-order valence-electron chi connectivity index (χ3n) is 2.11. The lowest BCUT2D eigenvalue weighted by Gasteiger charge is -2.03. The summed E-state index contributed by atoms with van der Waals surface area (Å²) in [5.41, 5.74) is 0.558. The van der Waals surface area contributed by atoms with E-state index in [1.807, 2.05) is 0 Å². The standard InChI is InChI=1S/C12H10ClNO3S/c13-8-1-3-10(4-2-8)17-6-11-14-9(7-18-11)5-12(15)16/h1-4,7H,5-6H2,(H,15,16). The predicted molar refractivity (Wildman–Crippen MR) is 69.2 cm³/mol. The Balaban J connectivity index is 1.92. The first-order chi connectivity index (χ1) is 8.63. The van der Waals surface area contributed by atoms with E-state index in [1.165, 1.54) is 11.3 Å². The Morgan fingerprint density at radius 3 is 2.78 bits per heavy atom. The molecule has 0 radical (unpaired) electrons. The molecule has 94 valence electrons. The number of thiazole rings is 1. The number of carboxylic acid groups (broad SMARTS) is 1. The van der Waals surface area contributed by atoms with Gasteiger partial charge in [-0.05, 0) is 24.3 Å². The van der Waals surface area contributed by atoms with Crippen LogP contribution in [0.5, 0.6) is 5.75 Å². The molecule has 1 aromatic heterocycles. The van der Waals surface area contributed by atoms with Crippen LogP contribution in [0.15, 0.2) is 29.6 Å². The molecule has 2 rings (SSSR count). The fourth-order valence-corrected chi connectivity index (χ4v) is 2.16. The summed E-state index contributed by atoms with van der Waals surface area (Å²) in [5.74, 6) is -0.181. The average Bonchev–Trinajstić information content (AvgIpc) is 2.75. The van der Waals surface area contributed by atoms with Crippen molar-refractivity contribution in [2.45, 2.75) is 13.0 Å². The van der Waals surface area contributed by atoms with E-state index in [4.69, 9.17) is 21.4 Å². The van der Waals surface area contributed by atoms with Crippen molar-refractivity contribution in [3.05, 3.63) is 45.4 Å². The number of carbonyl (C=O) groups is 1. The molecule has 2 aromatic rings. The quantitative estimate of drug-likeness (QED) is 0.916. The molecule has 1 N–H and O–H groups in total. The van der Waals surface area contributed by atoms with E-state index < -0.39 is 5.97 Å². The molecule has 6 heteroatoms. The van der Waals surface area contributed by atoms with Crippen molar-refractivity contribution in [1.29, 1.82) is 0 Å². The first kappa shape index (κ1) is 12.9. The van der Waals surface area contributed by atoms with E-state index in [-0.39, 0.29) is 6.42 Å². The summed E-state index contributed by atoms with van der Waals surface area (Å²) in [7, 11) is 0. The summed E-state index contributed by atoms with van der Waals surface area (Å²) >= 11 is 7.15. The molecule has 1 aromatic carbocycles. The van der Waals surface area contributed by atoms with E-state index in [1.54, 1.807) is 29.6 Å². The number of aliphatic carboxylic acids is 1. The van der Waals surface area contributed by atoms with Gasteiger partial charge in [-0.1, -0.05) is 11.6 Å². The number of carboxylic acids is 1. The van der Waals surface area contributed by atoms with Crippen LogP contribution in [0.3, 0.4) is 0 Å². The minimum Gasteiger partial charge on any atom is -0.486 e. The molecule has 0 fully saturated rings. The van der Waals surface area contributed by atoms with Gasteiger partial charge in [-0.15, -0.1) is 11.3 Å². The van der Waals surface area contributed by atoms with Crippen LogP contribution in [0.1, 0.15) is 10.7 Å². The number of rotatable bonds is 5. The summed E-state index contributed by atoms with van der Waals surface area (Å²) in [6.07, 6.45) is -0.0581. The molecular formula is C12H10ClNO3S. The second-order valence-corrected chi connectivity index (χ2v) is 4.92. The molecule has 0 bridgehead atoms. The summed E-state index contributed by atoms with van der Waals surface area (Å²) < 4.78 is 5.51. The van der Waals surface area contributed by atoms with Crippen molar-refractivity contribution in [2.24, 2.45) is 0 Å². The Morgan fingerprint density at radius 2 is 2.11 bits per heavy atom. The van der Waals surface area contributed by atoms with Crippen molar-refractivity contribution in [3.63, 3.8) is 0 Å². The number of aromatic nitrogens is 1. The van der Waals surface area contributed by atoms with Crippen LogP contribution in [0.25, 0.3) is 0 Å². The third kappa shape index (κ3) is 3.72. The van der Waals surface area contributed by atoms with Crippen molar-refractivity contribution in [2.75, 3.05) is 0 Å². The Labute approximate surface area is 113 Å². The molecule has 0 spiro atoms. The van der Waals surface area contributed by atoms with Gasteiger partial charge < -0.3 is 9.84 Å². The zero-order valence-electron chi connectivity index (χ0n) is 9.30. The molecule has 18 heavy (non-hydrogen) atoms. The van der Waals surface area contributed by atoms with Gasteiger partial charge in [0.05, 0.1) is 12.1 Å². The highest BCUT2D eigenvalue weighted by Crippen LogP contribution is 2.18. The van der Waals surface area contributed by atoms with Gasteiger partial charge >= 0.3 is 5.97 Å². The highest BCUT2D eigenvalue weighted by molar-refractivity contribution is 7.09. The van der Waals surface area contributed by atoms with Gasteiger partial charge in [0.25, 0.3) is 0 Å². The lowest BCUT2D eigenvalue weighted by Crippen LogP contribution is -2.01. The van der Waals surface area contributed by atoms with Crippen LogP contribution in [-0.2, 0) is 17.8 Å². The molecule has 0 unspecified atom stereocenters. The van der Waals surface area contributed by atoms with Gasteiger partial charge in [0.1, 0.15) is 17.4 Å². The second kappa shape index (κ2) is 5.84. The lowest BCUT2D eigenvalue weighted by molar-refractivity contribution is -0.136. The fourth-order valence-electron chi connectivity index (χ4n) is 1.33. The van der Waals surface area contributed by atoms with Gasteiger partial charge in [-0.2, -0.15) is 0 Å². The smallest absolute Gasteiger partial charge is 0.309 e. The van der Waals surface area contributed by atoms with Crippen molar-refractivity contribution < 1.29 is 14.6 Å². The Kier molecular flexibility index (Phi) is 4.17. The van der Waals surface area contributed by atoms with Crippen molar-refractivity contribution in [1.82, 2.24) is 4.98 Å². The van der Waals surface area contributed by atoms with Crippen LogP contribution in [0.4, 0.5) is 0 Å². The Hall–Kier alpha value is -1.59. The summed E-state index contributed by atoms with van der Waals surface area (Å²) in [4.78, 5) is 14.7. The van der Waals surface area contributed by atoms with Crippen molar-refractivity contribution >= 4 is 28.9 Å². The molecule has 1 heterocycles. The first-order valence-electron chi connectivity index (χ1n) is 5.17. The van der Waals surface area contributed by atoms with E-state index in [2.05, 4.69) is 4.98 Å².